The molecular weight excluding hydrogens is 204 g/mol. The van der Waals surface area contributed by atoms with Gasteiger partial charge in [0.25, 0.3) is 0 Å². The molecule has 1 heterocycles. The van der Waals surface area contributed by atoms with Gasteiger partial charge < -0.3 is 30.0 Å². The highest BCUT2D eigenvalue weighted by molar-refractivity contribution is 5.75. The maximum absolute atomic E-state index is 10.9. The SMILES string of the molecule is CC(=O)C[C@H]1C(O)O[C@H](CO)[C@H](O)[C@@H]1O. The molecule has 0 bridgehead atoms. The van der Waals surface area contributed by atoms with Crippen molar-refractivity contribution >= 4 is 5.78 Å². The fourth-order valence-corrected chi connectivity index (χ4v) is 1.71. The lowest BCUT2D eigenvalue weighted by Crippen LogP contribution is -2.55. The van der Waals surface area contributed by atoms with Gasteiger partial charge in [-0.15, -0.1) is 0 Å². The van der Waals surface area contributed by atoms with Gasteiger partial charge in [0, 0.05) is 12.3 Å². The minimum Gasteiger partial charge on any atom is -0.394 e. The van der Waals surface area contributed by atoms with Crippen molar-refractivity contribution < 1.29 is 30.0 Å². The van der Waals surface area contributed by atoms with Gasteiger partial charge in [-0.1, -0.05) is 0 Å². The van der Waals surface area contributed by atoms with Crippen LogP contribution in [0.4, 0.5) is 0 Å². The van der Waals surface area contributed by atoms with E-state index in [0.29, 0.717) is 0 Å². The highest BCUT2D eigenvalue weighted by atomic mass is 16.6. The second-order valence-electron chi connectivity index (χ2n) is 3.80. The Kier molecular flexibility index (Phi) is 4.18. The summed E-state index contributed by atoms with van der Waals surface area (Å²) in [6.07, 6.45) is -4.99. The van der Waals surface area contributed by atoms with Gasteiger partial charge in [0.2, 0.25) is 0 Å². The number of hydrogen-bond donors (Lipinski definition) is 4. The highest BCUT2D eigenvalue weighted by Gasteiger charge is 2.43. The zero-order valence-corrected chi connectivity index (χ0v) is 8.41. The molecule has 0 saturated carbocycles. The lowest BCUT2D eigenvalue weighted by molar-refractivity contribution is -0.269. The van der Waals surface area contributed by atoms with Crippen LogP contribution in [0.3, 0.4) is 0 Å². The minimum atomic E-state index is -1.34. The van der Waals surface area contributed by atoms with E-state index in [1.165, 1.54) is 6.92 Å². The third-order valence-electron chi connectivity index (χ3n) is 2.55. The predicted octanol–water partition coefficient (Wildman–Crippen LogP) is -1.99. The second-order valence-corrected chi connectivity index (χ2v) is 3.80. The number of rotatable bonds is 3. The van der Waals surface area contributed by atoms with E-state index >= 15 is 0 Å². The van der Waals surface area contributed by atoms with E-state index in [1.54, 1.807) is 0 Å². The zero-order valence-electron chi connectivity index (χ0n) is 8.41. The molecule has 6 heteroatoms. The van der Waals surface area contributed by atoms with Crippen molar-refractivity contribution in [2.75, 3.05) is 6.61 Å². The van der Waals surface area contributed by atoms with Gasteiger partial charge >= 0.3 is 0 Å². The Bertz CT molecular complexity index is 231. The molecule has 0 aliphatic carbocycles. The van der Waals surface area contributed by atoms with Gasteiger partial charge in [-0.2, -0.15) is 0 Å². The third-order valence-corrected chi connectivity index (χ3v) is 2.55. The van der Waals surface area contributed by atoms with Crippen LogP contribution in [0.25, 0.3) is 0 Å². The molecule has 1 aliphatic rings. The van der Waals surface area contributed by atoms with Crippen LogP contribution in [0.15, 0.2) is 0 Å². The van der Waals surface area contributed by atoms with Crippen LogP contribution in [0, 0.1) is 5.92 Å². The Morgan fingerprint density at radius 2 is 1.87 bits per heavy atom. The number of aliphatic hydroxyl groups excluding tert-OH is 4. The summed E-state index contributed by atoms with van der Waals surface area (Å²) in [5, 5.41) is 37.3. The number of ether oxygens (including phenoxy) is 1. The first kappa shape index (κ1) is 12.5. The summed E-state index contributed by atoms with van der Waals surface area (Å²) in [7, 11) is 0. The molecule has 0 amide bonds. The molecule has 1 unspecified atom stereocenters. The maximum atomic E-state index is 10.9. The predicted molar refractivity (Wildman–Crippen MR) is 48.8 cm³/mol. The normalized spacial score (nSPS) is 41.5. The fraction of sp³-hybridized carbons (Fsp3) is 0.889. The van der Waals surface area contributed by atoms with Crippen LogP contribution in [0.2, 0.25) is 0 Å². The molecule has 88 valence electrons. The number of hydrogen-bond acceptors (Lipinski definition) is 6. The standard InChI is InChI=1S/C9H16O6/c1-4(11)2-5-7(12)8(13)6(3-10)15-9(5)14/h5-10,12-14H,2-3H2,1H3/t5-,6-,7-,8+,9?/m1/s1. The van der Waals surface area contributed by atoms with Crippen molar-refractivity contribution in [1.82, 2.24) is 0 Å². The van der Waals surface area contributed by atoms with Gasteiger partial charge in [-0.05, 0) is 6.92 Å². The number of carbonyl (C=O) groups is 1. The largest absolute Gasteiger partial charge is 0.394 e. The lowest BCUT2D eigenvalue weighted by Gasteiger charge is -2.39. The molecule has 0 aromatic rings. The summed E-state index contributed by atoms with van der Waals surface area (Å²) in [4.78, 5) is 10.9. The summed E-state index contributed by atoms with van der Waals surface area (Å²) < 4.78 is 4.87. The fourth-order valence-electron chi connectivity index (χ4n) is 1.71. The molecule has 1 aliphatic heterocycles. The molecular formula is C9H16O6. The van der Waals surface area contributed by atoms with E-state index in [2.05, 4.69) is 0 Å². The van der Waals surface area contributed by atoms with E-state index < -0.39 is 37.1 Å². The smallest absolute Gasteiger partial charge is 0.160 e. The van der Waals surface area contributed by atoms with E-state index in [-0.39, 0.29) is 12.2 Å². The molecule has 0 spiro atoms. The molecule has 1 rings (SSSR count). The first-order chi connectivity index (χ1) is 6.97. The molecule has 0 radical (unpaired) electrons. The summed E-state index contributed by atoms with van der Waals surface area (Å²) in [6, 6.07) is 0. The Morgan fingerprint density at radius 3 is 2.33 bits per heavy atom. The maximum Gasteiger partial charge on any atom is 0.160 e. The van der Waals surface area contributed by atoms with Crippen molar-refractivity contribution in [2.45, 2.75) is 37.9 Å². The van der Waals surface area contributed by atoms with E-state index in [9.17, 15) is 20.1 Å². The molecule has 1 fully saturated rings. The molecule has 1 saturated heterocycles. The Hall–Kier alpha value is -0.530. The van der Waals surface area contributed by atoms with E-state index in [1.807, 2.05) is 0 Å². The van der Waals surface area contributed by atoms with Crippen molar-refractivity contribution in [3.8, 4) is 0 Å². The molecule has 15 heavy (non-hydrogen) atoms. The minimum absolute atomic E-state index is 0.0719. The average Bonchev–Trinajstić information content (AvgIpc) is 2.18. The first-order valence-electron chi connectivity index (χ1n) is 4.77. The van der Waals surface area contributed by atoms with Crippen LogP contribution < -0.4 is 0 Å². The summed E-state index contributed by atoms with van der Waals surface area (Å²) in [5.74, 6) is -1.06. The summed E-state index contributed by atoms with van der Waals surface area (Å²) in [6.45, 7) is 0.825. The van der Waals surface area contributed by atoms with Crippen molar-refractivity contribution in [3.05, 3.63) is 0 Å². The molecule has 6 nitrogen and oxygen atoms in total. The van der Waals surface area contributed by atoms with Crippen molar-refractivity contribution in [3.63, 3.8) is 0 Å². The van der Waals surface area contributed by atoms with Gasteiger partial charge in [-0.25, -0.2) is 0 Å². The van der Waals surface area contributed by atoms with Gasteiger partial charge in [-0.3, -0.25) is 0 Å². The zero-order chi connectivity index (χ0) is 11.6. The van der Waals surface area contributed by atoms with Crippen LogP contribution in [0.5, 0.6) is 0 Å². The monoisotopic (exact) mass is 220 g/mol. The quantitative estimate of drug-likeness (QED) is 0.439. The second kappa shape index (κ2) is 5.00. The van der Waals surface area contributed by atoms with Gasteiger partial charge in [0.15, 0.2) is 6.29 Å². The van der Waals surface area contributed by atoms with E-state index in [0.717, 1.165) is 0 Å². The van der Waals surface area contributed by atoms with E-state index in [4.69, 9.17) is 9.84 Å². The summed E-state index contributed by atoms with van der Waals surface area (Å²) >= 11 is 0. The number of aliphatic hydroxyl groups is 4. The summed E-state index contributed by atoms with van der Waals surface area (Å²) in [5.41, 5.74) is 0. The highest BCUT2D eigenvalue weighted by Crippen LogP contribution is 2.27. The molecule has 0 aromatic carbocycles. The van der Waals surface area contributed by atoms with Gasteiger partial charge in [0.05, 0.1) is 12.7 Å². The van der Waals surface area contributed by atoms with Crippen LogP contribution in [0.1, 0.15) is 13.3 Å². The van der Waals surface area contributed by atoms with Crippen LogP contribution >= 0.6 is 0 Å². The Morgan fingerprint density at radius 1 is 1.27 bits per heavy atom. The van der Waals surface area contributed by atoms with Crippen LogP contribution in [-0.2, 0) is 9.53 Å². The number of Topliss-reactive ketones (excluding diaryl/α,β-unsaturated/α-hetero) is 1. The topological polar surface area (TPSA) is 107 Å². The Balaban J connectivity index is 2.70. The average molecular weight is 220 g/mol. The molecule has 0 aromatic heterocycles. The molecule has 4 N–H and O–H groups in total. The van der Waals surface area contributed by atoms with Crippen molar-refractivity contribution in [2.24, 2.45) is 5.92 Å². The first-order valence-corrected chi connectivity index (χ1v) is 4.77. The Labute approximate surface area is 87.1 Å². The third kappa shape index (κ3) is 2.73. The van der Waals surface area contributed by atoms with Gasteiger partial charge in [0.1, 0.15) is 18.0 Å². The van der Waals surface area contributed by atoms with Crippen molar-refractivity contribution in [1.29, 1.82) is 0 Å². The number of carbonyl (C=O) groups excluding carboxylic acids is 1. The van der Waals surface area contributed by atoms with Crippen LogP contribution in [-0.4, -0.2) is 57.4 Å². The lowest BCUT2D eigenvalue weighted by atomic mass is 9.87. The number of ketones is 1. The molecule has 5 atom stereocenters.